The average molecular weight is 531 g/mol. The van der Waals surface area contributed by atoms with Crippen LogP contribution in [0.1, 0.15) is 15.9 Å². The molecule has 0 aliphatic heterocycles. The first-order chi connectivity index (χ1) is 19.5. The number of nitrogens with one attached hydrogen (secondary N) is 3. The first-order valence-corrected chi connectivity index (χ1v) is 12.4. The summed E-state index contributed by atoms with van der Waals surface area (Å²) < 4.78 is 6.16. The van der Waals surface area contributed by atoms with Crippen molar-refractivity contribution in [3.8, 4) is 11.3 Å². The number of carboxylic acid groups (broad SMARTS) is 1. The Morgan fingerprint density at radius 3 is 2.50 bits per heavy atom. The maximum absolute atomic E-state index is 12.7. The molecule has 3 aromatic carbocycles. The van der Waals surface area contributed by atoms with E-state index in [0.717, 1.165) is 38.9 Å². The van der Waals surface area contributed by atoms with E-state index < -0.39 is 6.09 Å². The first-order valence-electron chi connectivity index (χ1n) is 12.4. The van der Waals surface area contributed by atoms with Gasteiger partial charge in [-0.15, -0.1) is 0 Å². The molecule has 0 atom stereocenters. The third-order valence-corrected chi connectivity index (χ3v) is 6.26. The Morgan fingerprint density at radius 1 is 0.850 bits per heavy atom. The van der Waals surface area contributed by atoms with Crippen LogP contribution in [0.2, 0.25) is 0 Å². The number of nitrogens with zero attached hydrogens (tertiary/aromatic N) is 3. The van der Waals surface area contributed by atoms with Gasteiger partial charge in [0.15, 0.2) is 0 Å². The molecule has 0 spiro atoms. The summed E-state index contributed by atoms with van der Waals surface area (Å²) in [5.74, 6) is 0.248. The largest absolute Gasteiger partial charge is 0.465 e. The van der Waals surface area contributed by atoms with Crippen LogP contribution in [0.5, 0.6) is 0 Å². The smallest absolute Gasteiger partial charge is 0.404 e. The number of hydrogen-bond donors (Lipinski definition) is 4. The monoisotopic (exact) mass is 530 g/mol. The van der Waals surface area contributed by atoms with E-state index in [4.69, 9.17) is 9.52 Å². The molecule has 2 amide bonds. The maximum atomic E-state index is 12.7. The zero-order valence-corrected chi connectivity index (χ0v) is 21.0. The molecule has 6 aromatic rings. The molecule has 10 nitrogen and oxygen atoms in total. The molecule has 6 rings (SSSR count). The minimum absolute atomic E-state index is 0.0575. The van der Waals surface area contributed by atoms with Gasteiger partial charge in [0.1, 0.15) is 23.3 Å². The summed E-state index contributed by atoms with van der Waals surface area (Å²) in [6, 6.07) is 24.6. The van der Waals surface area contributed by atoms with Crippen molar-refractivity contribution in [2.45, 2.75) is 6.54 Å². The normalized spacial score (nSPS) is 10.9. The van der Waals surface area contributed by atoms with Gasteiger partial charge in [-0.3, -0.25) is 9.78 Å². The zero-order valence-electron chi connectivity index (χ0n) is 21.0. The second-order valence-electron chi connectivity index (χ2n) is 8.97. The molecular weight excluding hydrogens is 508 g/mol. The van der Waals surface area contributed by atoms with Crippen molar-refractivity contribution in [2.75, 3.05) is 10.6 Å². The Labute approximate surface area is 227 Å². The van der Waals surface area contributed by atoms with Gasteiger partial charge in [0.25, 0.3) is 5.91 Å². The molecule has 4 N–H and O–H groups in total. The van der Waals surface area contributed by atoms with Crippen molar-refractivity contribution in [2.24, 2.45) is 0 Å². The second kappa shape index (κ2) is 10.5. The van der Waals surface area contributed by atoms with Gasteiger partial charge >= 0.3 is 6.09 Å². The summed E-state index contributed by atoms with van der Waals surface area (Å²) in [4.78, 5) is 36.2. The van der Waals surface area contributed by atoms with Crippen LogP contribution >= 0.6 is 0 Å². The van der Waals surface area contributed by atoms with Gasteiger partial charge in [-0.25, -0.2) is 14.8 Å². The van der Waals surface area contributed by atoms with E-state index in [1.54, 1.807) is 18.2 Å². The second-order valence-corrected chi connectivity index (χ2v) is 8.97. The molecule has 3 heterocycles. The number of amides is 2. The van der Waals surface area contributed by atoms with Crippen LogP contribution in [-0.2, 0) is 6.54 Å². The van der Waals surface area contributed by atoms with E-state index in [-0.39, 0.29) is 12.5 Å². The summed E-state index contributed by atoms with van der Waals surface area (Å²) in [5, 5.41) is 19.2. The van der Waals surface area contributed by atoms with Crippen molar-refractivity contribution in [1.82, 2.24) is 20.3 Å². The summed E-state index contributed by atoms with van der Waals surface area (Å²) in [6.45, 7) is 0.0575. The van der Waals surface area contributed by atoms with Crippen molar-refractivity contribution >= 4 is 51.1 Å². The van der Waals surface area contributed by atoms with E-state index in [0.29, 0.717) is 22.6 Å². The van der Waals surface area contributed by atoms with E-state index in [1.807, 2.05) is 60.7 Å². The number of aromatic nitrogens is 3. The van der Waals surface area contributed by atoms with Gasteiger partial charge in [0.2, 0.25) is 0 Å². The highest BCUT2D eigenvalue weighted by atomic mass is 16.4. The predicted octanol–water partition coefficient (Wildman–Crippen LogP) is 6.20. The van der Waals surface area contributed by atoms with Crippen LogP contribution in [0, 0.1) is 0 Å². The predicted molar refractivity (Wildman–Crippen MR) is 152 cm³/mol. The number of benzene rings is 3. The first kappa shape index (κ1) is 24.6. The molecular formula is C30H22N6O4. The Bertz CT molecular complexity index is 1870. The van der Waals surface area contributed by atoms with E-state index >= 15 is 0 Å². The lowest BCUT2D eigenvalue weighted by atomic mass is 10.1. The molecule has 0 radical (unpaired) electrons. The van der Waals surface area contributed by atoms with Crippen LogP contribution < -0.4 is 16.0 Å². The number of hydrogen-bond acceptors (Lipinski definition) is 7. The molecule has 0 fully saturated rings. The Kier molecular flexibility index (Phi) is 6.47. The van der Waals surface area contributed by atoms with Gasteiger partial charge < -0.3 is 25.5 Å². The highest BCUT2D eigenvalue weighted by Gasteiger charge is 2.13. The lowest BCUT2D eigenvalue weighted by Crippen LogP contribution is -2.20. The standard InChI is InChI=1S/C30H22N6O4/c37-29(19-12-18(14-31-16-19)15-32-30(38)39)36-21-10-8-20(9-11-21)35-27-13-25(33-17-34-27)24-6-3-5-23-22-4-1-2-7-26(22)40-28(23)24/h1-14,16-17,32H,15H2,(H,36,37)(H,38,39)(H,33,34,35). The molecule has 0 saturated carbocycles. The molecule has 40 heavy (non-hydrogen) atoms. The Balaban J connectivity index is 1.16. The van der Waals surface area contributed by atoms with Crippen LogP contribution in [0.15, 0.2) is 102 Å². The van der Waals surface area contributed by atoms with Crippen molar-refractivity contribution in [3.63, 3.8) is 0 Å². The lowest BCUT2D eigenvalue weighted by molar-refractivity contribution is 0.102. The Morgan fingerprint density at radius 2 is 1.65 bits per heavy atom. The zero-order chi connectivity index (χ0) is 27.5. The number of rotatable bonds is 7. The van der Waals surface area contributed by atoms with Crippen LogP contribution in [0.25, 0.3) is 33.2 Å². The minimum Gasteiger partial charge on any atom is -0.465 e. The van der Waals surface area contributed by atoms with Gasteiger partial charge in [-0.05, 0) is 48.0 Å². The number of furan rings is 1. The highest BCUT2D eigenvalue weighted by molar-refractivity contribution is 6.09. The fourth-order valence-electron chi connectivity index (χ4n) is 4.40. The number of para-hydroxylation sites is 2. The SMILES string of the molecule is O=C(O)NCc1cncc(C(=O)Nc2ccc(Nc3cc(-c4cccc5c4oc4ccccc45)ncn3)cc2)c1. The number of carbonyl (C=O) groups is 2. The fraction of sp³-hybridized carbons (Fsp3) is 0.0333. The minimum atomic E-state index is -1.15. The van der Waals surface area contributed by atoms with E-state index in [2.05, 4.69) is 30.9 Å². The summed E-state index contributed by atoms with van der Waals surface area (Å²) in [7, 11) is 0. The number of anilines is 3. The summed E-state index contributed by atoms with van der Waals surface area (Å²) in [5.41, 5.74) is 5.44. The Hall–Kier alpha value is -5.77. The molecule has 0 aliphatic rings. The molecule has 196 valence electrons. The van der Waals surface area contributed by atoms with Crippen LogP contribution in [-0.4, -0.2) is 32.1 Å². The van der Waals surface area contributed by atoms with E-state index in [1.165, 1.54) is 18.7 Å². The number of pyridine rings is 1. The summed E-state index contributed by atoms with van der Waals surface area (Å²) >= 11 is 0. The molecule has 10 heteroatoms. The van der Waals surface area contributed by atoms with Crippen LogP contribution in [0.3, 0.4) is 0 Å². The molecule has 0 unspecified atom stereocenters. The van der Waals surface area contributed by atoms with Crippen molar-refractivity contribution < 1.29 is 19.1 Å². The highest BCUT2D eigenvalue weighted by Crippen LogP contribution is 2.35. The molecule has 0 saturated heterocycles. The third-order valence-electron chi connectivity index (χ3n) is 6.26. The maximum Gasteiger partial charge on any atom is 0.404 e. The van der Waals surface area contributed by atoms with Gasteiger partial charge in [-0.1, -0.05) is 30.3 Å². The third kappa shape index (κ3) is 5.14. The van der Waals surface area contributed by atoms with Crippen molar-refractivity contribution in [3.05, 3.63) is 109 Å². The number of fused-ring (bicyclic) bond motifs is 3. The average Bonchev–Trinajstić information content (AvgIpc) is 3.36. The van der Waals surface area contributed by atoms with E-state index in [9.17, 15) is 9.59 Å². The van der Waals surface area contributed by atoms with Gasteiger partial charge in [-0.2, -0.15) is 0 Å². The van der Waals surface area contributed by atoms with Gasteiger partial charge in [0, 0.05) is 52.7 Å². The summed E-state index contributed by atoms with van der Waals surface area (Å²) in [6.07, 6.45) is 3.28. The topological polar surface area (TPSA) is 142 Å². The van der Waals surface area contributed by atoms with Crippen molar-refractivity contribution in [1.29, 1.82) is 0 Å². The molecule has 3 aromatic heterocycles. The van der Waals surface area contributed by atoms with Crippen LogP contribution in [0.4, 0.5) is 22.0 Å². The molecule has 0 aliphatic carbocycles. The molecule has 0 bridgehead atoms. The quantitative estimate of drug-likeness (QED) is 0.191. The fourth-order valence-corrected chi connectivity index (χ4v) is 4.40. The lowest BCUT2D eigenvalue weighted by Gasteiger charge is -2.10. The number of carbonyl (C=O) groups excluding carboxylic acids is 1. The van der Waals surface area contributed by atoms with Gasteiger partial charge in [0.05, 0.1) is 11.3 Å².